The highest BCUT2D eigenvalue weighted by Crippen LogP contribution is 2.24. The molecule has 0 radical (unpaired) electrons. The van der Waals surface area contributed by atoms with Crippen molar-refractivity contribution >= 4 is 22.6 Å². The van der Waals surface area contributed by atoms with E-state index in [2.05, 4.69) is 53.4 Å². The Kier molecular flexibility index (Phi) is 2.75. The number of halogens is 1. The van der Waals surface area contributed by atoms with E-state index in [-0.39, 0.29) is 3.55 Å². The van der Waals surface area contributed by atoms with Gasteiger partial charge in [-0.25, -0.2) is 9.67 Å². The van der Waals surface area contributed by atoms with Crippen LogP contribution in [0.1, 0.15) is 32.4 Å². The van der Waals surface area contributed by atoms with Crippen molar-refractivity contribution in [1.82, 2.24) is 14.8 Å². The van der Waals surface area contributed by atoms with Gasteiger partial charge in [-0.15, -0.1) is 0 Å². The summed E-state index contributed by atoms with van der Waals surface area (Å²) in [6, 6.07) is 0. The predicted octanol–water partition coefficient (Wildman–Crippen LogP) is 2.28. The van der Waals surface area contributed by atoms with Gasteiger partial charge in [0.2, 0.25) is 0 Å². The lowest BCUT2D eigenvalue weighted by Gasteiger charge is -2.18. The molecule has 0 atom stereocenters. The van der Waals surface area contributed by atoms with Crippen molar-refractivity contribution < 1.29 is 0 Å². The lowest BCUT2D eigenvalue weighted by molar-refractivity contribution is 0.481. The summed E-state index contributed by atoms with van der Waals surface area (Å²) in [5.74, 6) is 1.92. The van der Waals surface area contributed by atoms with E-state index >= 15 is 0 Å². The monoisotopic (exact) mass is 279 g/mol. The normalized spacial score (nSPS) is 12.1. The Labute approximate surface area is 86.7 Å². The maximum absolute atomic E-state index is 4.35. The summed E-state index contributed by atoms with van der Waals surface area (Å²) in [6.45, 7) is 8.28. The lowest BCUT2D eigenvalue weighted by atomic mass is 10.3. The summed E-state index contributed by atoms with van der Waals surface area (Å²) in [5, 5.41) is 4.35. The van der Waals surface area contributed by atoms with Crippen LogP contribution in [0.2, 0.25) is 0 Å². The van der Waals surface area contributed by atoms with Crippen LogP contribution >= 0.6 is 22.6 Å². The molecule has 12 heavy (non-hydrogen) atoms. The largest absolute Gasteiger partial charge is 0.235 e. The first-order chi connectivity index (χ1) is 5.45. The highest BCUT2D eigenvalue weighted by Gasteiger charge is 2.20. The maximum atomic E-state index is 4.35. The van der Waals surface area contributed by atoms with Crippen LogP contribution in [0, 0.1) is 6.92 Å². The zero-order valence-electron chi connectivity index (χ0n) is 7.93. The number of hydrogen-bond donors (Lipinski definition) is 0. The second-order valence-electron chi connectivity index (χ2n) is 3.25. The molecule has 0 bridgehead atoms. The van der Waals surface area contributed by atoms with Gasteiger partial charge in [-0.2, -0.15) is 5.10 Å². The fourth-order valence-corrected chi connectivity index (χ4v) is 1.50. The molecule has 1 heterocycles. The summed E-state index contributed by atoms with van der Waals surface area (Å²) in [5.41, 5.74) is 0. The number of aryl methyl sites for hydroxylation is 2. The van der Waals surface area contributed by atoms with E-state index in [9.17, 15) is 0 Å². The fraction of sp³-hybridized carbons (Fsp3) is 0.750. The first-order valence-electron chi connectivity index (χ1n) is 4.07. The number of nitrogens with zero attached hydrogens (tertiary/aromatic N) is 3. The summed E-state index contributed by atoms with van der Waals surface area (Å²) >= 11 is 2.37. The number of aromatic nitrogens is 3. The van der Waals surface area contributed by atoms with Gasteiger partial charge in [-0.3, -0.25) is 0 Å². The minimum atomic E-state index is 0.0182. The molecule has 0 spiro atoms. The molecule has 3 nitrogen and oxygen atoms in total. The third kappa shape index (κ3) is 1.97. The first-order valence-corrected chi connectivity index (χ1v) is 5.15. The molecule has 0 amide bonds. The Morgan fingerprint density at radius 2 is 2.08 bits per heavy atom. The Bertz CT molecular complexity index is 272. The molecule has 0 aliphatic carbocycles. The minimum absolute atomic E-state index is 0.0182. The maximum Gasteiger partial charge on any atom is 0.147 e. The van der Waals surface area contributed by atoms with Crippen molar-refractivity contribution in [3.05, 3.63) is 11.6 Å². The lowest BCUT2D eigenvalue weighted by Crippen LogP contribution is -2.22. The van der Waals surface area contributed by atoms with Crippen LogP contribution in [0.3, 0.4) is 0 Å². The molecule has 0 unspecified atom stereocenters. The van der Waals surface area contributed by atoms with Crippen LogP contribution in [0.15, 0.2) is 0 Å². The quantitative estimate of drug-likeness (QED) is 0.614. The van der Waals surface area contributed by atoms with E-state index in [0.717, 1.165) is 18.1 Å². The van der Waals surface area contributed by atoms with Crippen LogP contribution in [0.25, 0.3) is 0 Å². The van der Waals surface area contributed by atoms with Crippen LogP contribution in [0.4, 0.5) is 0 Å². The summed E-state index contributed by atoms with van der Waals surface area (Å²) < 4.78 is 2.01. The van der Waals surface area contributed by atoms with E-state index in [1.807, 2.05) is 11.6 Å². The van der Waals surface area contributed by atoms with Gasteiger partial charge in [0.15, 0.2) is 0 Å². The number of hydrogen-bond acceptors (Lipinski definition) is 2. The molecule has 0 aliphatic rings. The molecule has 68 valence electrons. The van der Waals surface area contributed by atoms with Gasteiger partial charge in [0.25, 0.3) is 0 Å². The highest BCUT2D eigenvalue weighted by molar-refractivity contribution is 14.1. The average Bonchev–Trinajstić information content (AvgIpc) is 2.29. The van der Waals surface area contributed by atoms with Gasteiger partial charge >= 0.3 is 0 Å². The zero-order chi connectivity index (χ0) is 9.35. The number of rotatable bonds is 2. The molecule has 0 N–H and O–H groups in total. The molecule has 0 aromatic carbocycles. The van der Waals surface area contributed by atoms with Gasteiger partial charge in [0, 0.05) is 6.42 Å². The topological polar surface area (TPSA) is 30.7 Å². The van der Waals surface area contributed by atoms with Gasteiger partial charge in [0.05, 0.1) is 0 Å². The van der Waals surface area contributed by atoms with E-state index < -0.39 is 0 Å². The molecule has 0 fully saturated rings. The second kappa shape index (κ2) is 3.32. The molecule has 0 aliphatic heterocycles. The van der Waals surface area contributed by atoms with Crippen molar-refractivity contribution in [3.63, 3.8) is 0 Å². The van der Waals surface area contributed by atoms with Gasteiger partial charge in [-0.05, 0) is 20.8 Å². The second-order valence-corrected chi connectivity index (χ2v) is 5.89. The highest BCUT2D eigenvalue weighted by atomic mass is 127. The van der Waals surface area contributed by atoms with Crippen LogP contribution in [-0.2, 0) is 9.97 Å². The Hall–Kier alpha value is -0.130. The van der Waals surface area contributed by atoms with E-state index in [0.29, 0.717) is 0 Å². The van der Waals surface area contributed by atoms with E-state index in [1.54, 1.807) is 0 Å². The molecule has 4 heteroatoms. The van der Waals surface area contributed by atoms with Crippen LogP contribution < -0.4 is 0 Å². The zero-order valence-corrected chi connectivity index (χ0v) is 10.1. The molecule has 1 aromatic rings. The fourth-order valence-electron chi connectivity index (χ4n) is 1.11. The van der Waals surface area contributed by atoms with Gasteiger partial charge < -0.3 is 0 Å². The molecule has 1 aromatic heterocycles. The van der Waals surface area contributed by atoms with Crippen molar-refractivity contribution in [2.75, 3.05) is 0 Å². The SMILES string of the molecule is CCc1nc(C)nn1C(C)(C)I. The van der Waals surface area contributed by atoms with Crippen LogP contribution in [0.5, 0.6) is 0 Å². The van der Waals surface area contributed by atoms with Gasteiger partial charge in [0.1, 0.15) is 15.2 Å². The average molecular weight is 279 g/mol. The van der Waals surface area contributed by atoms with Crippen LogP contribution in [-0.4, -0.2) is 14.8 Å². The molecule has 0 saturated heterocycles. The molecular formula is C8H14IN3. The van der Waals surface area contributed by atoms with Gasteiger partial charge in [-0.1, -0.05) is 29.5 Å². The Morgan fingerprint density at radius 3 is 2.42 bits per heavy atom. The van der Waals surface area contributed by atoms with E-state index in [1.165, 1.54) is 0 Å². The third-order valence-corrected chi connectivity index (χ3v) is 2.06. The summed E-state index contributed by atoms with van der Waals surface area (Å²) in [7, 11) is 0. The van der Waals surface area contributed by atoms with Crippen molar-refractivity contribution in [1.29, 1.82) is 0 Å². The standard InChI is InChI=1S/C8H14IN3/c1-5-7-10-6(2)11-12(7)8(3,4)9/h5H2,1-4H3. The summed E-state index contributed by atoms with van der Waals surface area (Å²) in [6.07, 6.45) is 0.938. The minimum Gasteiger partial charge on any atom is -0.235 e. The van der Waals surface area contributed by atoms with Crippen molar-refractivity contribution in [2.24, 2.45) is 0 Å². The molecule has 0 saturated carbocycles. The predicted molar refractivity (Wildman–Crippen MR) is 57.5 cm³/mol. The Balaban J connectivity index is 3.13. The third-order valence-electron chi connectivity index (χ3n) is 1.60. The smallest absolute Gasteiger partial charge is 0.147 e. The molecule has 1 rings (SSSR count). The van der Waals surface area contributed by atoms with E-state index in [4.69, 9.17) is 0 Å². The molecular weight excluding hydrogens is 265 g/mol. The Morgan fingerprint density at radius 1 is 1.50 bits per heavy atom. The van der Waals surface area contributed by atoms with Crippen molar-refractivity contribution in [3.8, 4) is 0 Å². The summed E-state index contributed by atoms with van der Waals surface area (Å²) in [4.78, 5) is 4.34. The first kappa shape index (κ1) is 9.95. The van der Waals surface area contributed by atoms with Crippen molar-refractivity contribution in [2.45, 2.75) is 37.7 Å². The number of alkyl halides is 1.